The Labute approximate surface area is 121 Å². The van der Waals surface area contributed by atoms with Gasteiger partial charge in [0.1, 0.15) is 11.3 Å². The fourth-order valence-corrected chi connectivity index (χ4v) is 1.80. The SMILES string of the molecule is CCCCC=CC(=O)Oc1cc2ccc(O)cc2oc1=O. The maximum absolute atomic E-state index is 11.7. The Bertz CT molecular complexity index is 727. The number of phenols is 1. The molecule has 0 amide bonds. The van der Waals surface area contributed by atoms with Crippen molar-refractivity contribution in [3.05, 3.63) is 46.8 Å². The van der Waals surface area contributed by atoms with Crippen molar-refractivity contribution < 1.29 is 19.1 Å². The molecule has 0 bridgehead atoms. The summed E-state index contributed by atoms with van der Waals surface area (Å²) in [5, 5.41) is 9.88. The maximum atomic E-state index is 11.7. The van der Waals surface area contributed by atoms with E-state index in [1.54, 1.807) is 12.1 Å². The molecule has 0 spiro atoms. The largest absolute Gasteiger partial charge is 0.508 e. The number of phenolic OH excluding ortho intramolecular Hbond substituents is 1. The number of allylic oxidation sites excluding steroid dienone is 1. The van der Waals surface area contributed by atoms with Gasteiger partial charge in [-0.3, -0.25) is 0 Å². The van der Waals surface area contributed by atoms with Crippen LogP contribution in [-0.4, -0.2) is 11.1 Å². The summed E-state index contributed by atoms with van der Waals surface area (Å²) in [5.41, 5.74) is -0.526. The summed E-state index contributed by atoms with van der Waals surface area (Å²) in [6.07, 6.45) is 5.84. The smallest absolute Gasteiger partial charge is 0.379 e. The van der Waals surface area contributed by atoms with Crippen LogP contribution < -0.4 is 10.4 Å². The number of carbonyl (C=O) groups excluding carboxylic acids is 1. The second kappa shape index (κ2) is 6.74. The molecule has 110 valence electrons. The second-order valence-electron chi connectivity index (χ2n) is 4.59. The molecular formula is C16H16O5. The molecule has 0 saturated heterocycles. The van der Waals surface area contributed by atoms with Crippen molar-refractivity contribution in [1.29, 1.82) is 0 Å². The van der Waals surface area contributed by atoms with Gasteiger partial charge in [-0.25, -0.2) is 9.59 Å². The van der Waals surface area contributed by atoms with Gasteiger partial charge in [0.25, 0.3) is 0 Å². The zero-order chi connectivity index (χ0) is 15.2. The molecule has 0 aliphatic heterocycles. The minimum absolute atomic E-state index is 0.00532. The third kappa shape index (κ3) is 3.95. The third-order valence-electron chi connectivity index (χ3n) is 2.88. The third-order valence-corrected chi connectivity index (χ3v) is 2.88. The van der Waals surface area contributed by atoms with Gasteiger partial charge in [0.15, 0.2) is 0 Å². The van der Waals surface area contributed by atoms with Crippen molar-refractivity contribution in [3.8, 4) is 11.5 Å². The molecule has 5 heteroatoms. The fraction of sp³-hybridized carbons (Fsp3) is 0.250. The predicted molar refractivity (Wildman–Crippen MR) is 78.4 cm³/mol. The Morgan fingerprint density at radius 3 is 2.95 bits per heavy atom. The Hall–Kier alpha value is -2.56. The standard InChI is InChI=1S/C16H16O5/c1-2-3-4-5-6-15(18)20-14-9-11-7-8-12(17)10-13(11)21-16(14)19/h5-10,17H,2-4H2,1H3. The van der Waals surface area contributed by atoms with E-state index in [9.17, 15) is 14.7 Å². The topological polar surface area (TPSA) is 76.7 Å². The van der Waals surface area contributed by atoms with Gasteiger partial charge in [-0.2, -0.15) is 0 Å². The van der Waals surface area contributed by atoms with Crippen LogP contribution in [0.25, 0.3) is 11.0 Å². The highest BCUT2D eigenvalue weighted by atomic mass is 16.5. The lowest BCUT2D eigenvalue weighted by Gasteiger charge is -2.02. The number of unbranched alkanes of at least 4 members (excludes halogenated alkanes) is 2. The molecule has 1 aromatic carbocycles. The fourth-order valence-electron chi connectivity index (χ4n) is 1.80. The zero-order valence-electron chi connectivity index (χ0n) is 11.7. The highest BCUT2D eigenvalue weighted by molar-refractivity contribution is 5.85. The molecule has 5 nitrogen and oxygen atoms in total. The van der Waals surface area contributed by atoms with E-state index in [1.165, 1.54) is 24.3 Å². The van der Waals surface area contributed by atoms with Crippen LogP contribution >= 0.6 is 0 Å². The van der Waals surface area contributed by atoms with Crippen molar-refractivity contribution in [1.82, 2.24) is 0 Å². The molecule has 0 aliphatic carbocycles. The lowest BCUT2D eigenvalue weighted by atomic mass is 10.2. The first-order valence-corrected chi connectivity index (χ1v) is 6.75. The summed E-state index contributed by atoms with van der Waals surface area (Å²) in [4.78, 5) is 23.3. The summed E-state index contributed by atoms with van der Waals surface area (Å²) in [5.74, 6) is -0.788. The van der Waals surface area contributed by atoms with Crippen LogP contribution in [0.3, 0.4) is 0 Å². The van der Waals surface area contributed by atoms with Gasteiger partial charge >= 0.3 is 11.6 Å². The number of rotatable bonds is 5. The van der Waals surface area contributed by atoms with Gasteiger partial charge in [0, 0.05) is 17.5 Å². The van der Waals surface area contributed by atoms with E-state index in [0.717, 1.165) is 19.3 Å². The molecule has 1 heterocycles. The normalized spacial score (nSPS) is 11.1. The average Bonchev–Trinajstić information content (AvgIpc) is 2.45. The maximum Gasteiger partial charge on any atom is 0.379 e. The first kappa shape index (κ1) is 14.8. The summed E-state index contributed by atoms with van der Waals surface area (Å²) >= 11 is 0. The van der Waals surface area contributed by atoms with E-state index in [4.69, 9.17) is 9.15 Å². The summed E-state index contributed by atoms with van der Waals surface area (Å²) in [6, 6.07) is 5.77. The summed E-state index contributed by atoms with van der Waals surface area (Å²) < 4.78 is 9.97. The Kier molecular flexibility index (Phi) is 4.77. The van der Waals surface area contributed by atoms with Crippen LogP contribution in [0.4, 0.5) is 0 Å². The van der Waals surface area contributed by atoms with Crippen LogP contribution in [0.2, 0.25) is 0 Å². The number of fused-ring (bicyclic) bond motifs is 1. The number of aromatic hydroxyl groups is 1. The molecule has 2 aromatic rings. The van der Waals surface area contributed by atoms with Crippen LogP contribution in [0.15, 0.2) is 45.6 Å². The Morgan fingerprint density at radius 1 is 1.38 bits per heavy atom. The molecule has 1 N–H and O–H groups in total. The van der Waals surface area contributed by atoms with E-state index in [-0.39, 0.29) is 17.1 Å². The van der Waals surface area contributed by atoms with Crippen LogP contribution in [0, 0.1) is 0 Å². The molecule has 0 unspecified atom stereocenters. The van der Waals surface area contributed by atoms with E-state index < -0.39 is 11.6 Å². The number of benzene rings is 1. The molecule has 0 saturated carbocycles. The van der Waals surface area contributed by atoms with Crippen LogP contribution in [-0.2, 0) is 4.79 Å². The van der Waals surface area contributed by atoms with Crippen molar-refractivity contribution in [2.75, 3.05) is 0 Å². The molecule has 0 aliphatic rings. The first-order valence-electron chi connectivity index (χ1n) is 6.75. The first-order chi connectivity index (χ1) is 10.1. The molecule has 0 fully saturated rings. The molecule has 21 heavy (non-hydrogen) atoms. The van der Waals surface area contributed by atoms with E-state index >= 15 is 0 Å². The minimum atomic E-state index is -0.761. The summed E-state index contributed by atoms with van der Waals surface area (Å²) in [7, 11) is 0. The van der Waals surface area contributed by atoms with Crippen LogP contribution in [0.1, 0.15) is 26.2 Å². The van der Waals surface area contributed by atoms with Gasteiger partial charge in [-0.15, -0.1) is 0 Å². The average molecular weight is 288 g/mol. The monoisotopic (exact) mass is 288 g/mol. The summed E-state index contributed by atoms with van der Waals surface area (Å²) in [6.45, 7) is 2.06. The van der Waals surface area contributed by atoms with Gasteiger partial charge in [0.05, 0.1) is 0 Å². The number of ether oxygens (including phenoxy) is 1. The van der Waals surface area contributed by atoms with Gasteiger partial charge < -0.3 is 14.3 Å². The molecule has 1 aromatic heterocycles. The number of hydrogen-bond acceptors (Lipinski definition) is 5. The van der Waals surface area contributed by atoms with E-state index in [1.807, 2.05) is 0 Å². The zero-order valence-corrected chi connectivity index (χ0v) is 11.7. The van der Waals surface area contributed by atoms with Crippen LogP contribution in [0.5, 0.6) is 11.5 Å². The number of hydrogen-bond donors (Lipinski definition) is 1. The quantitative estimate of drug-likeness (QED) is 0.396. The van der Waals surface area contributed by atoms with Gasteiger partial charge in [-0.1, -0.05) is 25.8 Å². The van der Waals surface area contributed by atoms with E-state index in [0.29, 0.717) is 5.39 Å². The van der Waals surface area contributed by atoms with Crippen molar-refractivity contribution in [2.24, 2.45) is 0 Å². The van der Waals surface area contributed by atoms with Crippen molar-refractivity contribution in [3.63, 3.8) is 0 Å². The Balaban J connectivity index is 2.17. The van der Waals surface area contributed by atoms with E-state index in [2.05, 4.69) is 6.92 Å². The van der Waals surface area contributed by atoms with Gasteiger partial charge in [0.2, 0.25) is 5.75 Å². The molecule has 2 rings (SSSR count). The number of esters is 1. The van der Waals surface area contributed by atoms with Gasteiger partial charge in [-0.05, 0) is 24.6 Å². The lowest BCUT2D eigenvalue weighted by Crippen LogP contribution is -2.11. The van der Waals surface area contributed by atoms with Crippen molar-refractivity contribution >= 4 is 16.9 Å². The van der Waals surface area contributed by atoms with Crippen molar-refractivity contribution in [2.45, 2.75) is 26.2 Å². The number of carbonyl (C=O) groups is 1. The highest BCUT2D eigenvalue weighted by Gasteiger charge is 2.10. The minimum Gasteiger partial charge on any atom is -0.508 e. The molecule has 0 radical (unpaired) electrons. The molecule has 0 atom stereocenters. The highest BCUT2D eigenvalue weighted by Crippen LogP contribution is 2.21. The Morgan fingerprint density at radius 2 is 2.19 bits per heavy atom. The lowest BCUT2D eigenvalue weighted by molar-refractivity contribution is -0.129. The molecular weight excluding hydrogens is 272 g/mol. The predicted octanol–water partition coefficient (Wildman–Crippen LogP) is 3.15. The second-order valence-corrected chi connectivity index (χ2v) is 4.59.